The van der Waals surface area contributed by atoms with Gasteiger partial charge in [-0.25, -0.2) is 4.98 Å². The smallest absolute Gasteiger partial charge is 0.238 e. The molecule has 1 aromatic carbocycles. The van der Waals surface area contributed by atoms with Crippen molar-refractivity contribution in [3.05, 3.63) is 58.7 Å². The molecule has 1 amide bonds. The number of hydrogen-bond acceptors (Lipinski definition) is 4. The number of benzene rings is 1. The minimum Gasteiger partial charge on any atom is -0.353 e. The van der Waals surface area contributed by atoms with Gasteiger partial charge in [0.05, 0.1) is 23.3 Å². The van der Waals surface area contributed by atoms with E-state index in [1.54, 1.807) is 11.3 Å². The van der Waals surface area contributed by atoms with Gasteiger partial charge >= 0.3 is 0 Å². The number of likely N-dealkylation sites (tertiary alicyclic amines) is 1. The van der Waals surface area contributed by atoms with Crippen molar-refractivity contribution in [3.63, 3.8) is 0 Å². The number of nitrogens with one attached hydrogen (secondary N) is 1. The Morgan fingerprint density at radius 2 is 2.22 bits per heavy atom. The molecule has 1 atom stereocenters. The maximum atomic E-state index is 12.6. The van der Waals surface area contributed by atoms with Gasteiger partial charge in [0.1, 0.15) is 0 Å². The van der Waals surface area contributed by atoms with Crippen molar-refractivity contribution >= 4 is 22.9 Å². The minimum absolute atomic E-state index is 0.0303. The van der Waals surface area contributed by atoms with Crippen molar-refractivity contribution in [2.75, 3.05) is 18.4 Å². The van der Waals surface area contributed by atoms with Crippen LogP contribution in [0.15, 0.2) is 48.0 Å². The highest BCUT2D eigenvalue weighted by Crippen LogP contribution is 2.31. The molecule has 0 unspecified atom stereocenters. The van der Waals surface area contributed by atoms with Crippen LogP contribution in [0.1, 0.15) is 29.6 Å². The van der Waals surface area contributed by atoms with Crippen molar-refractivity contribution in [3.8, 4) is 11.3 Å². The normalized spacial score (nSPS) is 17.3. The lowest BCUT2D eigenvalue weighted by Crippen LogP contribution is -2.33. The van der Waals surface area contributed by atoms with Crippen molar-refractivity contribution in [2.45, 2.75) is 25.8 Å². The molecular weight excluding hydrogens is 356 g/mol. The third kappa shape index (κ3) is 3.96. The number of aromatic nitrogens is 2. The Hall–Kier alpha value is -2.44. The molecule has 3 aromatic rings. The number of thiazole rings is 1. The van der Waals surface area contributed by atoms with E-state index >= 15 is 0 Å². The highest BCUT2D eigenvalue weighted by Gasteiger charge is 2.28. The molecule has 0 aliphatic carbocycles. The summed E-state index contributed by atoms with van der Waals surface area (Å²) >= 11 is 1.63. The topological polar surface area (TPSA) is 50.2 Å². The van der Waals surface area contributed by atoms with Gasteiger partial charge < -0.3 is 9.88 Å². The van der Waals surface area contributed by atoms with Crippen LogP contribution in [0.5, 0.6) is 0 Å². The number of carbonyl (C=O) groups is 1. The van der Waals surface area contributed by atoms with Crippen LogP contribution in [0.4, 0.5) is 5.69 Å². The first-order valence-electron chi connectivity index (χ1n) is 9.28. The number of anilines is 1. The van der Waals surface area contributed by atoms with Gasteiger partial charge in [-0.15, -0.1) is 11.3 Å². The number of hydrogen-bond donors (Lipinski definition) is 1. The summed E-state index contributed by atoms with van der Waals surface area (Å²) in [4.78, 5) is 19.4. The van der Waals surface area contributed by atoms with Gasteiger partial charge in [0.2, 0.25) is 5.91 Å². The standard InChI is InChI=1S/C21H24N4OS/c1-15-22-18(14-27-15)16-6-3-7-17(12-16)23-21(26)13-25-11-5-9-20(25)19-8-4-10-24(19)2/h3-4,6-8,10,12,14,20H,5,9,11,13H2,1-2H3,(H,23,26)/t20-/m1/s1. The largest absolute Gasteiger partial charge is 0.353 e. The zero-order valence-corrected chi connectivity index (χ0v) is 16.5. The summed E-state index contributed by atoms with van der Waals surface area (Å²) in [5.74, 6) is 0.0303. The minimum atomic E-state index is 0.0303. The van der Waals surface area contributed by atoms with E-state index in [4.69, 9.17) is 0 Å². The van der Waals surface area contributed by atoms with E-state index in [0.717, 1.165) is 41.3 Å². The quantitative estimate of drug-likeness (QED) is 0.720. The predicted molar refractivity (Wildman–Crippen MR) is 110 cm³/mol. The maximum absolute atomic E-state index is 12.6. The summed E-state index contributed by atoms with van der Waals surface area (Å²) in [5, 5.41) is 6.14. The van der Waals surface area contributed by atoms with Gasteiger partial charge in [-0.3, -0.25) is 9.69 Å². The number of amides is 1. The Kier molecular flexibility index (Phi) is 5.09. The van der Waals surface area contributed by atoms with E-state index in [0.29, 0.717) is 12.6 Å². The van der Waals surface area contributed by atoms with Gasteiger partial charge in [0.25, 0.3) is 0 Å². The third-order valence-corrected chi connectivity index (χ3v) is 5.87. The van der Waals surface area contributed by atoms with Gasteiger partial charge in [-0.1, -0.05) is 12.1 Å². The van der Waals surface area contributed by atoms with Crippen LogP contribution < -0.4 is 5.32 Å². The van der Waals surface area contributed by atoms with E-state index in [1.807, 2.05) is 36.6 Å². The molecule has 1 aliphatic rings. The molecular formula is C21H24N4OS. The van der Waals surface area contributed by atoms with E-state index in [9.17, 15) is 4.79 Å². The van der Waals surface area contributed by atoms with Crippen LogP contribution in [0, 0.1) is 6.92 Å². The highest BCUT2D eigenvalue weighted by molar-refractivity contribution is 7.09. The molecule has 0 bridgehead atoms. The monoisotopic (exact) mass is 380 g/mol. The fraction of sp³-hybridized carbons (Fsp3) is 0.333. The second kappa shape index (κ2) is 7.66. The summed E-state index contributed by atoms with van der Waals surface area (Å²) < 4.78 is 2.15. The molecule has 3 heterocycles. The van der Waals surface area contributed by atoms with Crippen LogP contribution in [0.2, 0.25) is 0 Å². The molecule has 6 heteroatoms. The average molecular weight is 381 g/mol. The summed E-state index contributed by atoms with van der Waals surface area (Å²) in [6.45, 7) is 3.37. The van der Waals surface area contributed by atoms with E-state index in [1.165, 1.54) is 5.69 Å². The Bertz CT molecular complexity index is 945. The summed E-state index contributed by atoms with van der Waals surface area (Å²) in [7, 11) is 2.07. The van der Waals surface area contributed by atoms with Crippen LogP contribution in [0.25, 0.3) is 11.3 Å². The van der Waals surface area contributed by atoms with Crippen LogP contribution in [-0.4, -0.2) is 33.4 Å². The molecule has 0 spiro atoms. The fourth-order valence-electron chi connectivity index (χ4n) is 3.81. The Morgan fingerprint density at radius 1 is 1.33 bits per heavy atom. The lowest BCUT2D eigenvalue weighted by Gasteiger charge is -2.24. The highest BCUT2D eigenvalue weighted by atomic mass is 32.1. The number of aryl methyl sites for hydroxylation is 2. The molecule has 2 aromatic heterocycles. The van der Waals surface area contributed by atoms with Gasteiger partial charge in [0, 0.05) is 35.6 Å². The van der Waals surface area contributed by atoms with Gasteiger partial charge in [0.15, 0.2) is 0 Å². The third-order valence-electron chi connectivity index (χ3n) is 5.10. The molecule has 0 radical (unpaired) electrons. The van der Waals surface area contributed by atoms with Gasteiger partial charge in [-0.2, -0.15) is 0 Å². The van der Waals surface area contributed by atoms with Crippen molar-refractivity contribution in [1.29, 1.82) is 0 Å². The molecule has 5 nitrogen and oxygen atoms in total. The zero-order valence-electron chi connectivity index (χ0n) is 15.7. The molecule has 1 N–H and O–H groups in total. The number of carbonyl (C=O) groups excluding carboxylic acids is 1. The molecule has 140 valence electrons. The predicted octanol–water partition coefficient (Wildman–Crippen LogP) is 4.23. The molecule has 1 fully saturated rings. The Balaban J connectivity index is 1.43. The van der Waals surface area contributed by atoms with Gasteiger partial charge in [-0.05, 0) is 50.6 Å². The first kappa shape index (κ1) is 17.9. The van der Waals surface area contributed by atoms with Crippen LogP contribution in [0.3, 0.4) is 0 Å². The van der Waals surface area contributed by atoms with Crippen molar-refractivity contribution < 1.29 is 4.79 Å². The summed E-state index contributed by atoms with van der Waals surface area (Å²) in [5.41, 5.74) is 4.08. The first-order chi connectivity index (χ1) is 13.1. The molecule has 4 rings (SSSR count). The zero-order chi connectivity index (χ0) is 18.8. The number of nitrogens with zero attached hydrogens (tertiary/aromatic N) is 3. The van der Waals surface area contributed by atoms with E-state index < -0.39 is 0 Å². The Labute approximate surface area is 163 Å². The van der Waals surface area contributed by atoms with Crippen molar-refractivity contribution in [1.82, 2.24) is 14.5 Å². The van der Waals surface area contributed by atoms with E-state index in [-0.39, 0.29) is 5.91 Å². The lowest BCUT2D eigenvalue weighted by atomic mass is 10.1. The summed E-state index contributed by atoms with van der Waals surface area (Å²) in [6, 6.07) is 12.4. The number of rotatable bonds is 5. The molecule has 1 aliphatic heterocycles. The molecule has 1 saturated heterocycles. The summed E-state index contributed by atoms with van der Waals surface area (Å²) in [6.07, 6.45) is 4.29. The van der Waals surface area contributed by atoms with Crippen LogP contribution >= 0.6 is 11.3 Å². The second-order valence-corrected chi connectivity index (χ2v) is 8.12. The van der Waals surface area contributed by atoms with E-state index in [2.05, 4.69) is 45.1 Å². The first-order valence-corrected chi connectivity index (χ1v) is 10.2. The SMILES string of the molecule is Cc1nc(-c2cccc(NC(=O)CN3CCC[C@@H]3c3cccn3C)c2)cs1. The molecule has 27 heavy (non-hydrogen) atoms. The fourth-order valence-corrected chi connectivity index (χ4v) is 4.43. The average Bonchev–Trinajstić information content (AvgIpc) is 3.36. The lowest BCUT2D eigenvalue weighted by molar-refractivity contribution is -0.117. The second-order valence-electron chi connectivity index (χ2n) is 7.05. The molecule has 0 saturated carbocycles. The van der Waals surface area contributed by atoms with Crippen LogP contribution in [-0.2, 0) is 11.8 Å². The Morgan fingerprint density at radius 3 is 2.96 bits per heavy atom. The van der Waals surface area contributed by atoms with Crippen molar-refractivity contribution in [2.24, 2.45) is 7.05 Å². The maximum Gasteiger partial charge on any atom is 0.238 e.